The highest BCUT2D eigenvalue weighted by atomic mass is 35.5. The van der Waals surface area contributed by atoms with Crippen LogP contribution in [0.25, 0.3) is 6.08 Å². The molecule has 0 aromatic heterocycles. The van der Waals surface area contributed by atoms with Crippen LogP contribution in [0.3, 0.4) is 0 Å². The van der Waals surface area contributed by atoms with Crippen molar-refractivity contribution in [3.8, 4) is 5.75 Å². The highest BCUT2D eigenvalue weighted by molar-refractivity contribution is 7.80. The number of likely N-dealkylation sites (N-methyl/N-ethyl adjacent to an activating group) is 2. The second kappa shape index (κ2) is 5.63. The Hall–Kier alpha value is -1.63. The number of hydrogen-bond acceptors (Lipinski definition) is 4. The molecule has 1 aliphatic heterocycles. The van der Waals surface area contributed by atoms with Crippen LogP contribution in [0.2, 0.25) is 10.0 Å². The average Bonchev–Trinajstić information content (AvgIpc) is 2.44. The predicted octanol–water partition coefficient (Wildman–Crippen LogP) is 2.30. The molecular weight excluding hydrogens is 335 g/mol. The summed E-state index contributed by atoms with van der Waals surface area (Å²) in [5.74, 6) is -1.37. The van der Waals surface area contributed by atoms with Crippen molar-refractivity contribution in [1.82, 2.24) is 9.80 Å². The number of phenols is 1. The Balaban J connectivity index is 2.57. The van der Waals surface area contributed by atoms with Crippen LogP contribution in [0.1, 0.15) is 5.56 Å². The van der Waals surface area contributed by atoms with Gasteiger partial charge < -0.3 is 5.11 Å². The van der Waals surface area contributed by atoms with Crippen molar-refractivity contribution in [3.63, 3.8) is 0 Å². The maximum Gasteiger partial charge on any atom is 0.265 e. The molecule has 0 atom stereocenters. The maximum absolute atomic E-state index is 12.2. The van der Waals surface area contributed by atoms with Gasteiger partial charge in [-0.05, 0) is 30.4 Å². The quantitative estimate of drug-likeness (QED) is 0.482. The zero-order valence-corrected chi connectivity index (χ0v) is 13.4. The molecule has 21 heavy (non-hydrogen) atoms. The summed E-state index contributed by atoms with van der Waals surface area (Å²) in [6, 6.07) is 2.77. The Morgan fingerprint density at radius 1 is 1.14 bits per heavy atom. The molecule has 0 spiro atoms. The van der Waals surface area contributed by atoms with Crippen LogP contribution in [-0.4, -0.2) is 45.9 Å². The van der Waals surface area contributed by atoms with E-state index in [1.807, 2.05) is 0 Å². The van der Waals surface area contributed by atoms with Gasteiger partial charge >= 0.3 is 0 Å². The number of rotatable bonds is 1. The van der Waals surface area contributed by atoms with Crippen molar-refractivity contribution in [2.24, 2.45) is 0 Å². The second-order valence-corrected chi connectivity index (χ2v) is 5.60. The molecule has 2 amide bonds. The predicted molar refractivity (Wildman–Crippen MR) is 84.2 cm³/mol. The fourth-order valence-electron chi connectivity index (χ4n) is 1.83. The Bertz CT molecular complexity index is 677. The highest BCUT2D eigenvalue weighted by Crippen LogP contribution is 2.33. The van der Waals surface area contributed by atoms with Crippen LogP contribution in [0.5, 0.6) is 5.75 Å². The van der Waals surface area contributed by atoms with Gasteiger partial charge in [-0.2, -0.15) is 0 Å². The second-order valence-electron chi connectivity index (χ2n) is 4.39. The lowest BCUT2D eigenvalue weighted by molar-refractivity contribution is -0.132. The Kier molecular flexibility index (Phi) is 4.22. The number of amides is 2. The molecule has 0 radical (unpaired) electrons. The van der Waals surface area contributed by atoms with Crippen LogP contribution in [0, 0.1) is 0 Å². The van der Waals surface area contributed by atoms with Crippen LogP contribution in [0.4, 0.5) is 0 Å². The fraction of sp³-hybridized carbons (Fsp3) is 0.154. The van der Waals surface area contributed by atoms with Gasteiger partial charge in [-0.3, -0.25) is 19.4 Å². The number of halogens is 2. The van der Waals surface area contributed by atoms with Crippen LogP contribution in [-0.2, 0) is 9.59 Å². The maximum atomic E-state index is 12.2. The van der Waals surface area contributed by atoms with Gasteiger partial charge in [0.05, 0.1) is 5.02 Å². The van der Waals surface area contributed by atoms with Crippen LogP contribution >= 0.6 is 35.4 Å². The van der Waals surface area contributed by atoms with Gasteiger partial charge in [0.25, 0.3) is 11.8 Å². The molecule has 0 bridgehead atoms. The first-order valence-electron chi connectivity index (χ1n) is 5.73. The molecule has 1 N–H and O–H groups in total. The summed E-state index contributed by atoms with van der Waals surface area (Å²) in [5, 5.41) is 10.3. The summed E-state index contributed by atoms with van der Waals surface area (Å²) in [4.78, 5) is 26.6. The van der Waals surface area contributed by atoms with Crippen molar-refractivity contribution >= 4 is 58.4 Å². The average molecular weight is 345 g/mol. The topological polar surface area (TPSA) is 60.9 Å². The van der Waals surface area contributed by atoms with Crippen molar-refractivity contribution < 1.29 is 14.7 Å². The summed E-state index contributed by atoms with van der Waals surface area (Å²) in [6.45, 7) is 0. The number of nitrogens with zero attached hydrogens (tertiary/aromatic N) is 2. The SMILES string of the molecule is CN1C(=O)C(=Cc2cc(Cl)cc(Cl)c2O)C(=O)N(C)C1=S. The lowest BCUT2D eigenvalue weighted by atomic mass is 10.1. The smallest absolute Gasteiger partial charge is 0.265 e. The molecule has 1 aromatic rings. The number of carbonyl (C=O) groups excluding carboxylic acids is 2. The first kappa shape index (κ1) is 15.8. The molecule has 1 heterocycles. The highest BCUT2D eigenvalue weighted by Gasteiger charge is 2.35. The molecular formula is C13H10Cl2N2O3S. The largest absolute Gasteiger partial charge is 0.506 e. The van der Waals surface area contributed by atoms with Gasteiger partial charge in [0, 0.05) is 24.7 Å². The molecule has 8 heteroatoms. The van der Waals surface area contributed by atoms with E-state index in [0.29, 0.717) is 0 Å². The lowest BCUT2D eigenvalue weighted by Crippen LogP contribution is -2.52. The summed E-state index contributed by atoms with van der Waals surface area (Å²) >= 11 is 16.7. The van der Waals surface area contributed by atoms with E-state index in [9.17, 15) is 14.7 Å². The monoisotopic (exact) mass is 344 g/mol. The Morgan fingerprint density at radius 2 is 1.67 bits per heavy atom. The first-order valence-corrected chi connectivity index (χ1v) is 6.90. The van der Waals surface area contributed by atoms with Crippen LogP contribution < -0.4 is 0 Å². The van der Waals surface area contributed by atoms with Gasteiger partial charge in [0.2, 0.25) is 0 Å². The minimum absolute atomic E-state index is 0.0299. The zero-order chi connectivity index (χ0) is 15.9. The normalized spacial score (nSPS) is 15.8. The van der Waals surface area contributed by atoms with E-state index in [-0.39, 0.29) is 32.0 Å². The van der Waals surface area contributed by atoms with Gasteiger partial charge in [0.15, 0.2) is 5.11 Å². The van der Waals surface area contributed by atoms with E-state index in [1.165, 1.54) is 42.1 Å². The van der Waals surface area contributed by atoms with Gasteiger partial charge in [-0.15, -0.1) is 0 Å². The fourth-order valence-corrected chi connectivity index (χ4v) is 2.50. The van der Waals surface area contributed by atoms with Gasteiger partial charge in [-0.25, -0.2) is 0 Å². The minimum atomic E-state index is -0.557. The molecule has 1 saturated heterocycles. The van der Waals surface area contributed by atoms with E-state index in [2.05, 4.69) is 0 Å². The third-order valence-electron chi connectivity index (χ3n) is 3.00. The molecule has 0 saturated carbocycles. The van der Waals surface area contributed by atoms with Crippen molar-refractivity contribution in [1.29, 1.82) is 0 Å². The van der Waals surface area contributed by atoms with E-state index in [0.717, 1.165) is 0 Å². The zero-order valence-electron chi connectivity index (χ0n) is 11.1. The molecule has 1 aliphatic rings. The third-order valence-corrected chi connectivity index (χ3v) is 4.06. The van der Waals surface area contributed by atoms with E-state index in [1.54, 1.807) is 0 Å². The minimum Gasteiger partial charge on any atom is -0.506 e. The molecule has 110 valence electrons. The number of benzene rings is 1. The van der Waals surface area contributed by atoms with E-state index >= 15 is 0 Å². The van der Waals surface area contributed by atoms with Crippen molar-refractivity contribution in [2.75, 3.05) is 14.1 Å². The van der Waals surface area contributed by atoms with Crippen molar-refractivity contribution in [2.45, 2.75) is 0 Å². The Morgan fingerprint density at radius 3 is 2.19 bits per heavy atom. The summed E-state index contributed by atoms with van der Waals surface area (Å²) < 4.78 is 0. The molecule has 2 rings (SSSR count). The Labute approximate surface area is 136 Å². The summed E-state index contributed by atoms with van der Waals surface area (Å²) in [5.41, 5.74) is 0.0426. The summed E-state index contributed by atoms with van der Waals surface area (Å²) in [6.07, 6.45) is 1.24. The number of phenolic OH excluding ortho intramolecular Hbond substituents is 1. The molecule has 5 nitrogen and oxygen atoms in total. The van der Waals surface area contributed by atoms with Gasteiger partial charge in [-0.1, -0.05) is 23.2 Å². The molecule has 1 aromatic carbocycles. The summed E-state index contributed by atoms with van der Waals surface area (Å²) in [7, 11) is 2.93. The number of aromatic hydroxyl groups is 1. The van der Waals surface area contributed by atoms with E-state index < -0.39 is 11.8 Å². The molecule has 0 unspecified atom stereocenters. The standard InChI is InChI=1S/C13H10Cl2N2O3S/c1-16-11(19)8(12(20)17(2)13(16)21)4-6-3-7(14)5-9(15)10(6)18/h3-5,18H,1-2H3. The number of hydrogen-bond donors (Lipinski definition) is 1. The molecule has 0 aliphatic carbocycles. The third kappa shape index (κ3) is 2.74. The van der Waals surface area contributed by atoms with E-state index in [4.69, 9.17) is 35.4 Å². The molecule has 1 fully saturated rings. The lowest BCUT2D eigenvalue weighted by Gasteiger charge is -2.31. The number of carbonyl (C=O) groups is 2. The first-order chi connectivity index (χ1) is 9.73. The van der Waals surface area contributed by atoms with Crippen molar-refractivity contribution in [3.05, 3.63) is 33.3 Å². The number of thiocarbonyl (C=S) groups is 1. The van der Waals surface area contributed by atoms with Gasteiger partial charge in [0.1, 0.15) is 11.3 Å². The van der Waals surface area contributed by atoms with Crippen LogP contribution in [0.15, 0.2) is 17.7 Å².